The quantitative estimate of drug-likeness (QED) is 0.779. The predicted octanol–water partition coefficient (Wildman–Crippen LogP) is 3.71. The van der Waals surface area contributed by atoms with Gasteiger partial charge in [0.2, 0.25) is 10.0 Å². The van der Waals surface area contributed by atoms with Crippen molar-refractivity contribution >= 4 is 21.6 Å². The smallest absolute Gasteiger partial charge is 0.220 e. The van der Waals surface area contributed by atoms with Crippen LogP contribution in [0, 0.1) is 5.82 Å². The number of nitrogens with zero attached hydrogens (tertiary/aromatic N) is 1. The molecule has 2 bridgehead atoms. The maximum atomic E-state index is 13.2. The molecule has 4 nitrogen and oxygen atoms in total. The van der Waals surface area contributed by atoms with Gasteiger partial charge in [0.25, 0.3) is 0 Å². The predicted molar refractivity (Wildman–Crippen MR) is 101 cm³/mol. The van der Waals surface area contributed by atoms with Gasteiger partial charge in [0, 0.05) is 24.0 Å². The van der Waals surface area contributed by atoms with Gasteiger partial charge in [0.15, 0.2) is 0 Å². The average molecular weight is 408 g/mol. The summed E-state index contributed by atoms with van der Waals surface area (Å²) in [5.41, 5.74) is 1.27. The minimum absolute atomic E-state index is 0.118. The summed E-state index contributed by atoms with van der Waals surface area (Å²) in [7, 11) is -3.41. The average Bonchev–Trinajstić information content (AvgIpc) is 3.25. The summed E-state index contributed by atoms with van der Waals surface area (Å²) in [6.07, 6.45) is 1.04. The third kappa shape index (κ3) is 2.73. The number of hydrogen-bond acceptors (Lipinski definition) is 3. The molecule has 0 N–H and O–H groups in total. The first kappa shape index (κ1) is 17.6. The molecular weight excluding hydrogens is 389 g/mol. The molecule has 2 aromatic carbocycles. The van der Waals surface area contributed by atoms with Crippen molar-refractivity contribution in [1.82, 2.24) is 4.31 Å². The summed E-state index contributed by atoms with van der Waals surface area (Å²) >= 11 is 5.92. The number of ether oxygens (including phenoxy) is 1. The minimum Gasteiger partial charge on any atom is -0.368 e. The van der Waals surface area contributed by atoms with E-state index in [1.54, 1.807) is 28.6 Å². The van der Waals surface area contributed by atoms with Crippen molar-refractivity contribution in [3.05, 3.63) is 70.5 Å². The normalized spacial score (nSPS) is 34.1. The van der Waals surface area contributed by atoms with E-state index in [1.165, 1.54) is 12.1 Å². The molecule has 0 aliphatic carbocycles. The number of benzene rings is 2. The molecule has 1 spiro atoms. The molecule has 5 rings (SSSR count). The third-order valence-electron chi connectivity index (χ3n) is 6.17. The highest BCUT2D eigenvalue weighted by Gasteiger charge is 2.68. The molecule has 0 amide bonds. The zero-order valence-corrected chi connectivity index (χ0v) is 16.1. The summed E-state index contributed by atoms with van der Waals surface area (Å²) in [5, 5.41) is 0.140. The number of hydrogen-bond donors (Lipinski definition) is 0. The number of halogens is 2. The fourth-order valence-electron chi connectivity index (χ4n) is 4.93. The molecule has 4 atom stereocenters. The maximum absolute atomic E-state index is 13.2. The fraction of sp³-hybridized carbons (Fsp3) is 0.400. The van der Waals surface area contributed by atoms with Gasteiger partial charge >= 0.3 is 0 Å². The van der Waals surface area contributed by atoms with Gasteiger partial charge in [0.1, 0.15) is 16.7 Å². The van der Waals surface area contributed by atoms with Crippen LogP contribution < -0.4 is 0 Å². The van der Waals surface area contributed by atoms with Crippen LogP contribution in [0.25, 0.3) is 0 Å². The molecule has 0 radical (unpaired) electrons. The van der Waals surface area contributed by atoms with E-state index in [2.05, 4.69) is 0 Å². The van der Waals surface area contributed by atoms with Crippen LogP contribution in [0.15, 0.2) is 48.5 Å². The highest BCUT2D eigenvalue weighted by Crippen LogP contribution is 2.57. The molecule has 3 heterocycles. The van der Waals surface area contributed by atoms with Crippen molar-refractivity contribution < 1.29 is 17.5 Å². The second-order valence-corrected chi connectivity index (χ2v) is 10.3. The van der Waals surface area contributed by atoms with Gasteiger partial charge in [-0.05, 0) is 48.2 Å². The molecule has 2 aromatic rings. The first-order valence-corrected chi connectivity index (χ1v) is 10.9. The van der Waals surface area contributed by atoms with Gasteiger partial charge in [0.05, 0.1) is 6.10 Å². The van der Waals surface area contributed by atoms with E-state index in [0.717, 1.165) is 11.1 Å². The number of rotatable bonds is 3. The second kappa shape index (κ2) is 6.01. The molecule has 0 aromatic heterocycles. The molecule has 142 valence electrons. The van der Waals surface area contributed by atoms with Crippen LogP contribution in [-0.2, 0) is 21.3 Å². The lowest BCUT2D eigenvalue weighted by molar-refractivity contribution is 0.0108. The minimum atomic E-state index is -3.41. The topological polar surface area (TPSA) is 46.6 Å². The Morgan fingerprint density at radius 2 is 1.85 bits per heavy atom. The van der Waals surface area contributed by atoms with Crippen LogP contribution in [0.5, 0.6) is 0 Å². The number of fused-ring (bicyclic) bond motifs is 1. The molecule has 7 heteroatoms. The number of sulfonamides is 1. The zero-order chi connectivity index (χ0) is 18.8. The van der Waals surface area contributed by atoms with E-state index < -0.39 is 20.9 Å². The monoisotopic (exact) mass is 407 g/mol. The first-order valence-electron chi connectivity index (χ1n) is 9.04. The largest absolute Gasteiger partial charge is 0.368 e. The molecule has 3 fully saturated rings. The van der Waals surface area contributed by atoms with E-state index in [4.69, 9.17) is 16.3 Å². The molecule has 3 aliphatic heterocycles. The van der Waals surface area contributed by atoms with Gasteiger partial charge < -0.3 is 4.74 Å². The van der Waals surface area contributed by atoms with Crippen LogP contribution >= 0.6 is 11.6 Å². The van der Waals surface area contributed by atoms with E-state index in [-0.39, 0.29) is 17.8 Å². The van der Waals surface area contributed by atoms with Crippen LogP contribution in [0.4, 0.5) is 4.39 Å². The zero-order valence-electron chi connectivity index (χ0n) is 14.5. The van der Waals surface area contributed by atoms with Crippen LogP contribution in [0.3, 0.4) is 0 Å². The van der Waals surface area contributed by atoms with Gasteiger partial charge in [-0.3, -0.25) is 0 Å². The van der Waals surface area contributed by atoms with Crippen LogP contribution in [0.1, 0.15) is 29.9 Å². The lowest BCUT2D eigenvalue weighted by Crippen LogP contribution is -2.39. The Bertz CT molecular complexity index is 979. The Labute approximate surface area is 162 Å². The molecule has 0 saturated carbocycles. The highest BCUT2D eigenvalue weighted by atomic mass is 35.5. The Balaban J connectivity index is 1.40. The van der Waals surface area contributed by atoms with Gasteiger partial charge in [-0.2, -0.15) is 4.31 Å². The molecule has 0 unspecified atom stereocenters. The Kier molecular flexibility index (Phi) is 3.92. The Morgan fingerprint density at radius 3 is 2.56 bits per heavy atom. The molecule has 3 aliphatic rings. The molecular formula is C20H19ClFNO3S. The summed E-state index contributed by atoms with van der Waals surface area (Å²) in [6.45, 7) is 0.698. The summed E-state index contributed by atoms with van der Waals surface area (Å²) in [4.78, 5) is 0. The van der Waals surface area contributed by atoms with Crippen LogP contribution in [-0.4, -0.2) is 36.2 Å². The van der Waals surface area contributed by atoms with E-state index in [1.807, 2.05) is 12.1 Å². The summed E-state index contributed by atoms with van der Waals surface area (Å²) < 4.78 is 47.2. The molecule has 27 heavy (non-hydrogen) atoms. The van der Waals surface area contributed by atoms with E-state index in [0.29, 0.717) is 31.0 Å². The van der Waals surface area contributed by atoms with Crippen molar-refractivity contribution in [2.75, 3.05) is 6.54 Å². The summed E-state index contributed by atoms with van der Waals surface area (Å²) in [5.74, 6) is -0.149. The van der Waals surface area contributed by atoms with Gasteiger partial charge in [-0.15, -0.1) is 0 Å². The van der Waals surface area contributed by atoms with Crippen molar-refractivity contribution in [1.29, 1.82) is 0 Å². The summed E-state index contributed by atoms with van der Waals surface area (Å²) in [6, 6.07) is 13.7. The van der Waals surface area contributed by atoms with Crippen molar-refractivity contribution in [2.45, 2.75) is 42.3 Å². The highest BCUT2D eigenvalue weighted by molar-refractivity contribution is 7.90. The van der Waals surface area contributed by atoms with Gasteiger partial charge in [-0.25, -0.2) is 12.8 Å². The van der Waals surface area contributed by atoms with E-state index >= 15 is 0 Å². The lowest BCUT2D eigenvalue weighted by Gasteiger charge is -2.26. The first-order chi connectivity index (χ1) is 12.9. The Morgan fingerprint density at radius 1 is 1.15 bits per heavy atom. The van der Waals surface area contributed by atoms with E-state index in [9.17, 15) is 12.8 Å². The van der Waals surface area contributed by atoms with Crippen molar-refractivity contribution in [3.8, 4) is 0 Å². The Hall–Kier alpha value is -1.47. The molecule has 3 saturated heterocycles. The van der Waals surface area contributed by atoms with Crippen molar-refractivity contribution in [3.63, 3.8) is 0 Å². The van der Waals surface area contributed by atoms with Crippen molar-refractivity contribution in [2.24, 2.45) is 0 Å². The fourth-order valence-corrected chi connectivity index (χ4v) is 7.34. The SMILES string of the molecule is O=S1(=O)[C@H]2C[C@@H]3O[C@]2(C[C@@H]3c2ccc(F)cc2)CN1Cc1ccc(Cl)cc1. The maximum Gasteiger partial charge on any atom is 0.220 e. The third-order valence-corrected chi connectivity index (χ3v) is 8.74. The second-order valence-electron chi connectivity index (χ2n) is 7.75. The standard InChI is InChI=1S/C20H19ClFNO3S/c21-15-5-1-13(2-6-15)11-23-12-20-10-17(14-3-7-16(22)8-4-14)18(26-20)9-19(20)27(23,24)25/h1-8,17-19H,9-12H2/t17-,18+,19+,20-/m1/s1. The lowest BCUT2D eigenvalue weighted by atomic mass is 9.77. The van der Waals surface area contributed by atoms with Gasteiger partial charge in [-0.1, -0.05) is 35.9 Å². The van der Waals surface area contributed by atoms with Crippen LogP contribution in [0.2, 0.25) is 5.02 Å².